The Balaban J connectivity index is 1.70. The highest BCUT2D eigenvalue weighted by Gasteiger charge is 2.39. The van der Waals surface area contributed by atoms with Gasteiger partial charge in [0.05, 0.1) is 6.54 Å². The van der Waals surface area contributed by atoms with Gasteiger partial charge in [-0.25, -0.2) is 4.98 Å². The number of aromatic amines is 1. The van der Waals surface area contributed by atoms with Crippen LogP contribution >= 0.6 is 0 Å². The lowest BCUT2D eigenvalue weighted by Crippen LogP contribution is -2.23. The highest BCUT2D eigenvalue weighted by Crippen LogP contribution is 2.47. The largest absolute Gasteiger partial charge is 0.348 e. The maximum absolute atomic E-state index is 4.16. The summed E-state index contributed by atoms with van der Waals surface area (Å²) in [6.45, 7) is 4.29. The molecule has 0 bridgehead atoms. The Kier molecular flexibility index (Phi) is 2.36. The molecule has 1 aliphatic carbocycles. The standard InChI is InChI=1S/C10H17N3/c1-2-10(3-4-10)8-11-7-9-12-5-6-13-9/h5-6,11H,2-4,7-8H2,1H3,(H,12,13). The van der Waals surface area contributed by atoms with Crippen molar-refractivity contribution < 1.29 is 0 Å². The Bertz CT molecular complexity index is 249. The van der Waals surface area contributed by atoms with E-state index in [2.05, 4.69) is 22.2 Å². The van der Waals surface area contributed by atoms with Crippen LogP contribution in [0.15, 0.2) is 12.4 Å². The first-order chi connectivity index (χ1) is 6.35. The number of imidazole rings is 1. The third-order valence-electron chi connectivity index (χ3n) is 3.05. The van der Waals surface area contributed by atoms with E-state index in [4.69, 9.17) is 0 Å². The zero-order chi connectivity index (χ0) is 9.15. The summed E-state index contributed by atoms with van der Waals surface area (Å²) in [7, 11) is 0. The van der Waals surface area contributed by atoms with Crippen molar-refractivity contribution in [1.29, 1.82) is 0 Å². The summed E-state index contributed by atoms with van der Waals surface area (Å²) in [6.07, 6.45) is 7.76. The van der Waals surface area contributed by atoms with Crippen LogP contribution in [-0.4, -0.2) is 16.5 Å². The Hall–Kier alpha value is -0.830. The molecular weight excluding hydrogens is 162 g/mol. The second kappa shape index (κ2) is 3.50. The van der Waals surface area contributed by atoms with Gasteiger partial charge in [0.2, 0.25) is 0 Å². The van der Waals surface area contributed by atoms with Crippen LogP contribution in [0.1, 0.15) is 32.0 Å². The molecule has 0 atom stereocenters. The molecule has 0 radical (unpaired) electrons. The molecule has 0 aromatic carbocycles. The maximum atomic E-state index is 4.16. The zero-order valence-electron chi connectivity index (χ0n) is 8.14. The minimum absolute atomic E-state index is 0.632. The molecule has 0 unspecified atom stereocenters. The molecule has 3 nitrogen and oxygen atoms in total. The van der Waals surface area contributed by atoms with E-state index in [0.29, 0.717) is 5.41 Å². The average Bonchev–Trinajstić information content (AvgIpc) is 2.74. The molecule has 3 heteroatoms. The van der Waals surface area contributed by atoms with Gasteiger partial charge in [0.15, 0.2) is 0 Å². The van der Waals surface area contributed by atoms with Crippen LogP contribution in [0.5, 0.6) is 0 Å². The minimum Gasteiger partial charge on any atom is -0.348 e. The number of aromatic nitrogens is 2. The van der Waals surface area contributed by atoms with Gasteiger partial charge in [0.1, 0.15) is 5.82 Å². The molecule has 0 saturated heterocycles. The molecule has 2 N–H and O–H groups in total. The SMILES string of the molecule is CCC1(CNCc2ncc[nH]2)CC1. The third-order valence-corrected chi connectivity index (χ3v) is 3.05. The summed E-state index contributed by atoms with van der Waals surface area (Å²) < 4.78 is 0. The third kappa shape index (κ3) is 2.10. The summed E-state index contributed by atoms with van der Waals surface area (Å²) in [6, 6.07) is 0. The normalized spacial score (nSPS) is 18.8. The van der Waals surface area contributed by atoms with Gasteiger partial charge in [0, 0.05) is 18.9 Å². The van der Waals surface area contributed by atoms with Crippen molar-refractivity contribution in [3.63, 3.8) is 0 Å². The van der Waals surface area contributed by atoms with E-state index in [0.717, 1.165) is 18.9 Å². The van der Waals surface area contributed by atoms with E-state index in [-0.39, 0.29) is 0 Å². The molecule has 1 fully saturated rings. The summed E-state index contributed by atoms with van der Waals surface area (Å²) in [5.74, 6) is 1.03. The van der Waals surface area contributed by atoms with Crippen molar-refractivity contribution >= 4 is 0 Å². The predicted octanol–water partition coefficient (Wildman–Crippen LogP) is 1.69. The van der Waals surface area contributed by atoms with Crippen LogP contribution in [0.4, 0.5) is 0 Å². The van der Waals surface area contributed by atoms with Crippen LogP contribution in [0.3, 0.4) is 0 Å². The van der Waals surface area contributed by atoms with Crippen molar-refractivity contribution in [2.24, 2.45) is 5.41 Å². The molecule has 13 heavy (non-hydrogen) atoms. The summed E-state index contributed by atoms with van der Waals surface area (Å²) in [5.41, 5.74) is 0.632. The van der Waals surface area contributed by atoms with E-state index in [1.807, 2.05) is 6.20 Å². The van der Waals surface area contributed by atoms with Crippen LogP contribution < -0.4 is 5.32 Å². The first-order valence-corrected chi connectivity index (χ1v) is 5.04. The van der Waals surface area contributed by atoms with Crippen molar-refractivity contribution in [2.75, 3.05) is 6.54 Å². The smallest absolute Gasteiger partial charge is 0.120 e. The topological polar surface area (TPSA) is 40.7 Å². The molecule has 0 spiro atoms. The maximum Gasteiger partial charge on any atom is 0.120 e. The molecule has 1 aromatic rings. The fourth-order valence-electron chi connectivity index (χ4n) is 1.67. The minimum atomic E-state index is 0.632. The van der Waals surface area contributed by atoms with Crippen LogP contribution in [-0.2, 0) is 6.54 Å². The van der Waals surface area contributed by atoms with Crippen LogP contribution in [0.2, 0.25) is 0 Å². The molecule has 72 valence electrons. The molecular formula is C10H17N3. The van der Waals surface area contributed by atoms with Gasteiger partial charge in [-0.15, -0.1) is 0 Å². The number of nitrogens with zero attached hydrogens (tertiary/aromatic N) is 1. The molecule has 1 saturated carbocycles. The van der Waals surface area contributed by atoms with Gasteiger partial charge in [-0.3, -0.25) is 0 Å². The van der Waals surface area contributed by atoms with Crippen LogP contribution in [0, 0.1) is 5.41 Å². The molecule has 1 aliphatic rings. The Morgan fingerprint density at radius 3 is 3.00 bits per heavy atom. The predicted molar refractivity (Wildman–Crippen MR) is 52.3 cm³/mol. The van der Waals surface area contributed by atoms with E-state index in [9.17, 15) is 0 Å². The van der Waals surface area contributed by atoms with Crippen molar-refractivity contribution in [1.82, 2.24) is 15.3 Å². The molecule has 1 heterocycles. The Morgan fingerprint density at radius 1 is 1.62 bits per heavy atom. The summed E-state index contributed by atoms with van der Waals surface area (Å²) in [5, 5.41) is 3.45. The lowest BCUT2D eigenvalue weighted by atomic mass is 10.0. The molecule has 1 aromatic heterocycles. The van der Waals surface area contributed by atoms with Crippen molar-refractivity contribution in [3.05, 3.63) is 18.2 Å². The van der Waals surface area contributed by atoms with Gasteiger partial charge in [-0.05, 0) is 24.7 Å². The lowest BCUT2D eigenvalue weighted by molar-refractivity contribution is 0.440. The molecule has 2 rings (SSSR count). The van der Waals surface area contributed by atoms with E-state index < -0.39 is 0 Å². The second-order valence-corrected chi connectivity index (χ2v) is 3.99. The lowest BCUT2D eigenvalue weighted by Gasteiger charge is -2.12. The fraction of sp³-hybridized carbons (Fsp3) is 0.700. The zero-order valence-corrected chi connectivity index (χ0v) is 8.14. The highest BCUT2D eigenvalue weighted by molar-refractivity contribution is 4.94. The van der Waals surface area contributed by atoms with Crippen molar-refractivity contribution in [3.8, 4) is 0 Å². The van der Waals surface area contributed by atoms with Gasteiger partial charge in [0.25, 0.3) is 0 Å². The van der Waals surface area contributed by atoms with Crippen LogP contribution in [0.25, 0.3) is 0 Å². The monoisotopic (exact) mass is 179 g/mol. The number of hydrogen-bond acceptors (Lipinski definition) is 2. The van der Waals surface area contributed by atoms with Gasteiger partial charge >= 0.3 is 0 Å². The number of nitrogens with one attached hydrogen (secondary N) is 2. The van der Waals surface area contributed by atoms with Gasteiger partial charge in [-0.2, -0.15) is 0 Å². The first kappa shape index (κ1) is 8.75. The average molecular weight is 179 g/mol. The fourth-order valence-corrected chi connectivity index (χ4v) is 1.67. The summed E-state index contributed by atoms with van der Waals surface area (Å²) in [4.78, 5) is 7.25. The van der Waals surface area contributed by atoms with E-state index in [1.165, 1.54) is 19.3 Å². The van der Waals surface area contributed by atoms with Gasteiger partial charge < -0.3 is 10.3 Å². The molecule has 0 aliphatic heterocycles. The summed E-state index contributed by atoms with van der Waals surface area (Å²) >= 11 is 0. The second-order valence-electron chi connectivity index (χ2n) is 3.99. The quantitative estimate of drug-likeness (QED) is 0.722. The number of hydrogen-bond donors (Lipinski definition) is 2. The van der Waals surface area contributed by atoms with E-state index in [1.54, 1.807) is 6.20 Å². The first-order valence-electron chi connectivity index (χ1n) is 5.04. The van der Waals surface area contributed by atoms with Crippen molar-refractivity contribution in [2.45, 2.75) is 32.7 Å². The Labute approximate surface area is 79.0 Å². The number of H-pyrrole nitrogens is 1. The molecule has 0 amide bonds. The van der Waals surface area contributed by atoms with Gasteiger partial charge in [-0.1, -0.05) is 6.92 Å². The highest BCUT2D eigenvalue weighted by atomic mass is 15.0. The number of rotatable bonds is 5. The Morgan fingerprint density at radius 2 is 2.46 bits per heavy atom. The van der Waals surface area contributed by atoms with E-state index >= 15 is 0 Å².